The molecule has 0 amide bonds. The van der Waals surface area contributed by atoms with Gasteiger partial charge in [0.05, 0.1) is 13.2 Å². The Kier molecular flexibility index (Phi) is 13.8. The first-order valence-electron chi connectivity index (χ1n) is 16.4. The monoisotopic (exact) mass is 552 g/mol. The molecule has 1 saturated carbocycles. The lowest BCUT2D eigenvalue weighted by molar-refractivity contribution is 0.199. The first-order chi connectivity index (χ1) is 19.6. The Balaban J connectivity index is 2.30. The van der Waals surface area contributed by atoms with E-state index in [0.29, 0.717) is 13.2 Å². The molecule has 4 nitrogen and oxygen atoms in total. The van der Waals surface area contributed by atoms with Crippen molar-refractivity contribution in [3.8, 4) is 11.5 Å². The van der Waals surface area contributed by atoms with E-state index in [1.54, 1.807) is 0 Å². The largest absolute Gasteiger partial charge is 0.491 e. The Morgan fingerprint density at radius 2 is 0.875 bits per heavy atom. The maximum absolute atomic E-state index is 9.54. The van der Waals surface area contributed by atoms with Gasteiger partial charge >= 0.3 is 0 Å². The molecular weight excluding hydrogens is 496 g/mol. The fourth-order valence-corrected chi connectivity index (χ4v) is 6.80. The first kappa shape index (κ1) is 32.5. The highest BCUT2D eigenvalue weighted by Crippen LogP contribution is 2.47. The summed E-state index contributed by atoms with van der Waals surface area (Å²) in [5, 5.41) is 19.1. The summed E-state index contributed by atoms with van der Waals surface area (Å²) in [7, 11) is 0. The van der Waals surface area contributed by atoms with Gasteiger partial charge in [0.1, 0.15) is 24.7 Å². The number of benzene rings is 2. The summed E-state index contributed by atoms with van der Waals surface area (Å²) in [5.74, 6) is 2.02. The molecule has 1 fully saturated rings. The second kappa shape index (κ2) is 17.0. The van der Waals surface area contributed by atoms with Gasteiger partial charge in [-0.1, -0.05) is 110 Å². The van der Waals surface area contributed by atoms with E-state index < -0.39 is 0 Å². The van der Waals surface area contributed by atoms with E-state index in [1.807, 2.05) is 0 Å². The molecule has 0 bridgehead atoms. The van der Waals surface area contributed by atoms with Crippen LogP contribution in [-0.4, -0.2) is 36.6 Å². The van der Waals surface area contributed by atoms with Crippen LogP contribution in [0.1, 0.15) is 132 Å². The number of rotatable bonds is 16. The molecule has 0 radical (unpaired) electrons. The molecule has 0 spiro atoms. The van der Waals surface area contributed by atoms with Gasteiger partial charge in [-0.2, -0.15) is 0 Å². The number of aliphatic hydroxyl groups excluding tert-OH is 2. The van der Waals surface area contributed by atoms with Crippen molar-refractivity contribution in [2.24, 2.45) is 0 Å². The Labute approximate surface area is 244 Å². The minimum Gasteiger partial charge on any atom is -0.491 e. The normalized spacial score (nSPS) is 15.4. The third-order valence-corrected chi connectivity index (χ3v) is 8.55. The molecule has 0 aromatic heterocycles. The van der Waals surface area contributed by atoms with Crippen LogP contribution in [0.5, 0.6) is 11.5 Å². The molecule has 0 aliphatic heterocycles. The second-order valence-corrected chi connectivity index (χ2v) is 11.7. The van der Waals surface area contributed by atoms with Gasteiger partial charge < -0.3 is 19.7 Å². The van der Waals surface area contributed by atoms with Crippen molar-refractivity contribution in [1.29, 1.82) is 0 Å². The van der Waals surface area contributed by atoms with Crippen molar-refractivity contribution in [1.82, 2.24) is 0 Å². The zero-order chi connectivity index (χ0) is 28.8. The molecule has 1 aliphatic carbocycles. The zero-order valence-electron chi connectivity index (χ0n) is 26.0. The van der Waals surface area contributed by atoms with E-state index in [4.69, 9.17) is 9.47 Å². The maximum Gasteiger partial charge on any atom is 0.125 e. The molecule has 4 heteroatoms. The van der Waals surface area contributed by atoms with E-state index in [9.17, 15) is 10.2 Å². The minimum absolute atomic E-state index is 0.0356. The Bertz CT molecular complexity index is 892. The predicted octanol–water partition coefficient (Wildman–Crippen LogP) is 8.27. The van der Waals surface area contributed by atoms with Gasteiger partial charge in [0.25, 0.3) is 0 Å². The summed E-state index contributed by atoms with van der Waals surface area (Å²) in [6.45, 7) is 9.72. The van der Waals surface area contributed by atoms with Gasteiger partial charge in [0, 0.05) is 5.41 Å². The number of ether oxygens (including phenoxy) is 2. The predicted molar refractivity (Wildman–Crippen MR) is 167 cm³/mol. The summed E-state index contributed by atoms with van der Waals surface area (Å²) in [6, 6.07) is 9.86. The van der Waals surface area contributed by atoms with Gasteiger partial charge in [-0.15, -0.1) is 0 Å². The molecule has 2 aromatic rings. The summed E-state index contributed by atoms with van der Waals surface area (Å²) in [4.78, 5) is 0. The van der Waals surface area contributed by atoms with Crippen molar-refractivity contribution in [3.63, 3.8) is 0 Å². The molecule has 40 heavy (non-hydrogen) atoms. The third-order valence-electron chi connectivity index (χ3n) is 8.55. The molecule has 0 saturated heterocycles. The highest BCUT2D eigenvalue weighted by atomic mass is 16.5. The standard InChI is InChI=1S/C36H56O4/c1-5-14-28-24-32(25-29(15-6-2)34(28)39-22-20-37)36(18-12-10-9-11-13-19-36)33-26-30(16-7-3)35(40-23-21-38)31(27-33)17-8-4/h24-27,37-38H,5-23H2,1-4H3. The zero-order valence-corrected chi connectivity index (χ0v) is 26.0. The van der Waals surface area contributed by atoms with Crippen molar-refractivity contribution in [2.75, 3.05) is 26.4 Å². The van der Waals surface area contributed by atoms with E-state index >= 15 is 0 Å². The number of hydrogen-bond donors (Lipinski definition) is 2. The topological polar surface area (TPSA) is 58.9 Å². The van der Waals surface area contributed by atoms with Gasteiger partial charge in [-0.25, -0.2) is 0 Å². The molecule has 0 unspecified atom stereocenters. The van der Waals surface area contributed by atoms with Crippen LogP contribution in [0, 0.1) is 0 Å². The lowest BCUT2D eigenvalue weighted by atomic mass is 9.65. The molecule has 0 heterocycles. The molecular formula is C36H56O4. The fourth-order valence-electron chi connectivity index (χ4n) is 6.80. The van der Waals surface area contributed by atoms with E-state index in [0.717, 1.165) is 75.7 Å². The van der Waals surface area contributed by atoms with Crippen LogP contribution in [-0.2, 0) is 31.1 Å². The molecule has 2 N–H and O–H groups in total. The second-order valence-electron chi connectivity index (χ2n) is 11.7. The Morgan fingerprint density at radius 3 is 1.18 bits per heavy atom. The van der Waals surface area contributed by atoms with Crippen LogP contribution in [0.2, 0.25) is 0 Å². The summed E-state index contributed by atoms with van der Waals surface area (Å²) in [5.41, 5.74) is 8.04. The van der Waals surface area contributed by atoms with Gasteiger partial charge in [-0.3, -0.25) is 0 Å². The highest BCUT2D eigenvalue weighted by molar-refractivity contribution is 5.54. The highest BCUT2D eigenvalue weighted by Gasteiger charge is 2.36. The van der Waals surface area contributed by atoms with Crippen molar-refractivity contribution < 1.29 is 19.7 Å². The van der Waals surface area contributed by atoms with Gasteiger partial charge in [0.2, 0.25) is 0 Å². The van der Waals surface area contributed by atoms with Crippen LogP contribution in [0.3, 0.4) is 0 Å². The lowest BCUT2D eigenvalue weighted by Gasteiger charge is -2.39. The van der Waals surface area contributed by atoms with Crippen molar-refractivity contribution >= 4 is 0 Å². The number of aliphatic hydroxyl groups is 2. The van der Waals surface area contributed by atoms with Gasteiger partial charge in [-0.05, 0) is 71.9 Å². The van der Waals surface area contributed by atoms with Gasteiger partial charge in [0.15, 0.2) is 0 Å². The molecule has 2 aromatic carbocycles. The summed E-state index contributed by atoms with van der Waals surface area (Å²) in [6.07, 6.45) is 16.9. The third kappa shape index (κ3) is 8.03. The fraction of sp³-hybridized carbons (Fsp3) is 0.667. The minimum atomic E-state index is -0.0403. The lowest BCUT2D eigenvalue weighted by Crippen LogP contribution is -2.30. The van der Waals surface area contributed by atoms with E-state index in [2.05, 4.69) is 52.0 Å². The quantitative estimate of drug-likeness (QED) is 0.220. The van der Waals surface area contributed by atoms with E-state index in [-0.39, 0.29) is 18.6 Å². The van der Waals surface area contributed by atoms with Crippen molar-refractivity contribution in [2.45, 2.75) is 129 Å². The molecule has 3 rings (SSSR count). The average molecular weight is 553 g/mol. The summed E-state index contributed by atoms with van der Waals surface area (Å²) < 4.78 is 12.4. The SMILES string of the molecule is CCCc1cc(C2(c3cc(CCC)c(OCCO)c(CCC)c3)CCCCCCC2)cc(CCC)c1OCCO. The average Bonchev–Trinajstić information content (AvgIpc) is 2.93. The van der Waals surface area contributed by atoms with Crippen LogP contribution >= 0.6 is 0 Å². The first-order valence-corrected chi connectivity index (χ1v) is 16.4. The molecule has 0 atom stereocenters. The van der Waals surface area contributed by atoms with Crippen LogP contribution < -0.4 is 9.47 Å². The van der Waals surface area contributed by atoms with E-state index in [1.165, 1.54) is 65.5 Å². The number of hydrogen-bond acceptors (Lipinski definition) is 4. The Hall–Kier alpha value is -2.04. The molecule has 1 aliphatic rings. The van der Waals surface area contributed by atoms with Crippen LogP contribution in [0.25, 0.3) is 0 Å². The summed E-state index contributed by atoms with van der Waals surface area (Å²) >= 11 is 0. The molecule has 224 valence electrons. The smallest absolute Gasteiger partial charge is 0.125 e. The maximum atomic E-state index is 9.54. The number of aryl methyl sites for hydroxylation is 4. The van der Waals surface area contributed by atoms with Crippen LogP contribution in [0.4, 0.5) is 0 Å². The van der Waals surface area contributed by atoms with Crippen LogP contribution in [0.15, 0.2) is 24.3 Å². The van der Waals surface area contributed by atoms with Crippen molar-refractivity contribution in [3.05, 3.63) is 57.6 Å². The Morgan fingerprint density at radius 1 is 0.550 bits per heavy atom.